The van der Waals surface area contributed by atoms with Crippen LogP contribution in [-0.4, -0.2) is 62.6 Å². The van der Waals surface area contributed by atoms with Gasteiger partial charge in [0.15, 0.2) is 0 Å². The number of aliphatic hydroxyl groups excluding tert-OH is 1. The number of rotatable bonds is 4. The number of halogens is 2. The Kier molecular flexibility index (Phi) is 16.5. The highest BCUT2D eigenvalue weighted by atomic mass is 19.3. The molecule has 0 bridgehead atoms. The summed E-state index contributed by atoms with van der Waals surface area (Å²) >= 11 is 0. The molecule has 5 N–H and O–H groups in total. The molecule has 2 aliphatic rings. The highest BCUT2D eigenvalue weighted by Gasteiger charge is 2.12. The van der Waals surface area contributed by atoms with Crippen LogP contribution in [0.25, 0.3) is 0 Å². The van der Waals surface area contributed by atoms with Crippen LogP contribution in [-0.2, 0) is 4.79 Å². The van der Waals surface area contributed by atoms with E-state index in [9.17, 15) is 8.78 Å². The van der Waals surface area contributed by atoms with Gasteiger partial charge in [0, 0.05) is 12.1 Å². The van der Waals surface area contributed by atoms with Crippen molar-refractivity contribution in [1.82, 2.24) is 16.0 Å². The molecule has 2 heterocycles. The maximum absolute atomic E-state index is 11.9. The standard InChI is InChI=1S/C8H8F2.C7H16N2.C4H9NO.CH2O2/c1-6-2-4-7(5-3-6)8(9)10;1-8-4-2-7-3-5-9-6-7;6-4-1-2-5-3-4;2-1-3/h2-5,8H,1H3;7-9H,2-6H2,1H3;4-6H,1-3H2;1H,(H,2,3). The summed E-state index contributed by atoms with van der Waals surface area (Å²) in [5, 5.41) is 25.1. The Labute approximate surface area is 166 Å². The van der Waals surface area contributed by atoms with Crippen molar-refractivity contribution in [3.05, 3.63) is 35.4 Å². The van der Waals surface area contributed by atoms with Crippen LogP contribution in [0, 0.1) is 12.8 Å². The van der Waals surface area contributed by atoms with E-state index < -0.39 is 6.43 Å². The molecule has 3 rings (SSSR count). The second kappa shape index (κ2) is 17.5. The number of hydrogen-bond acceptors (Lipinski definition) is 5. The number of benzene rings is 1. The average molecular weight is 404 g/mol. The van der Waals surface area contributed by atoms with E-state index in [0.717, 1.165) is 31.0 Å². The molecule has 0 aliphatic carbocycles. The van der Waals surface area contributed by atoms with Crippen LogP contribution in [0.3, 0.4) is 0 Å². The second-order valence-corrected chi connectivity index (χ2v) is 6.71. The number of nitrogens with one attached hydrogen (secondary N) is 3. The molecule has 2 unspecified atom stereocenters. The molecular weight excluding hydrogens is 368 g/mol. The summed E-state index contributed by atoms with van der Waals surface area (Å²) in [6.45, 7) is 7.04. The fraction of sp³-hybridized carbons (Fsp3) is 0.650. The van der Waals surface area contributed by atoms with E-state index in [4.69, 9.17) is 15.0 Å². The number of carbonyl (C=O) groups is 1. The monoisotopic (exact) mass is 403 g/mol. The molecule has 2 fully saturated rings. The minimum atomic E-state index is -2.35. The molecule has 1 aromatic rings. The lowest BCUT2D eigenvalue weighted by Gasteiger charge is -2.05. The van der Waals surface area contributed by atoms with Crippen LogP contribution < -0.4 is 16.0 Å². The van der Waals surface area contributed by atoms with Crippen molar-refractivity contribution in [2.24, 2.45) is 5.92 Å². The van der Waals surface area contributed by atoms with Crippen LogP contribution >= 0.6 is 0 Å². The van der Waals surface area contributed by atoms with E-state index in [1.807, 2.05) is 14.0 Å². The van der Waals surface area contributed by atoms with Crippen molar-refractivity contribution >= 4 is 6.47 Å². The number of carboxylic acid groups (broad SMARTS) is 1. The number of aryl methyl sites for hydroxylation is 1. The lowest BCUT2D eigenvalue weighted by Crippen LogP contribution is -2.15. The third-order valence-electron chi connectivity index (χ3n) is 4.33. The predicted octanol–water partition coefficient (Wildman–Crippen LogP) is 2.18. The van der Waals surface area contributed by atoms with Gasteiger partial charge in [0.1, 0.15) is 0 Å². The first-order valence-corrected chi connectivity index (χ1v) is 9.61. The summed E-state index contributed by atoms with van der Waals surface area (Å²) in [4.78, 5) is 8.36. The second-order valence-electron chi connectivity index (χ2n) is 6.71. The largest absolute Gasteiger partial charge is 0.483 e. The first kappa shape index (κ1) is 26.4. The first-order valence-electron chi connectivity index (χ1n) is 9.61. The fourth-order valence-corrected chi connectivity index (χ4v) is 2.66. The summed E-state index contributed by atoms with van der Waals surface area (Å²) < 4.78 is 23.8. The van der Waals surface area contributed by atoms with E-state index in [-0.39, 0.29) is 18.1 Å². The van der Waals surface area contributed by atoms with Gasteiger partial charge >= 0.3 is 0 Å². The van der Waals surface area contributed by atoms with E-state index in [0.29, 0.717) is 0 Å². The minimum Gasteiger partial charge on any atom is -0.483 e. The number of β-amino-alcohol motifs (C(OH)–C–C–N with tert-alkyl or cyclic N) is 1. The number of alkyl halides is 2. The van der Waals surface area contributed by atoms with E-state index in [1.54, 1.807) is 12.1 Å². The van der Waals surface area contributed by atoms with Gasteiger partial charge in [-0.3, -0.25) is 4.79 Å². The maximum Gasteiger partial charge on any atom is 0.290 e. The van der Waals surface area contributed by atoms with Crippen molar-refractivity contribution in [3.8, 4) is 0 Å². The SMILES string of the molecule is CNCCC1CCNC1.Cc1ccc(C(F)F)cc1.O=CO.OC1CCNC1. The minimum absolute atomic E-state index is 0.0648. The van der Waals surface area contributed by atoms with E-state index in [1.165, 1.54) is 44.6 Å². The van der Waals surface area contributed by atoms with Crippen molar-refractivity contribution in [2.45, 2.75) is 38.7 Å². The van der Waals surface area contributed by atoms with Crippen molar-refractivity contribution in [2.75, 3.05) is 39.8 Å². The van der Waals surface area contributed by atoms with Gasteiger partial charge in [-0.05, 0) is 65.3 Å². The molecular formula is C20H35F2N3O3. The van der Waals surface area contributed by atoms with Crippen LogP contribution in [0.5, 0.6) is 0 Å². The van der Waals surface area contributed by atoms with Crippen LogP contribution in [0.1, 0.15) is 36.8 Å². The predicted molar refractivity (Wildman–Crippen MR) is 108 cm³/mol. The highest BCUT2D eigenvalue weighted by molar-refractivity contribution is 5.32. The van der Waals surface area contributed by atoms with Gasteiger partial charge in [0.2, 0.25) is 0 Å². The molecule has 0 saturated carbocycles. The van der Waals surface area contributed by atoms with Gasteiger partial charge < -0.3 is 26.2 Å². The van der Waals surface area contributed by atoms with Gasteiger partial charge in [0.25, 0.3) is 12.9 Å². The van der Waals surface area contributed by atoms with Crippen molar-refractivity contribution in [3.63, 3.8) is 0 Å². The lowest BCUT2D eigenvalue weighted by atomic mass is 10.1. The topological polar surface area (TPSA) is 93.6 Å². The van der Waals surface area contributed by atoms with Crippen LogP contribution in [0.15, 0.2) is 24.3 Å². The molecule has 2 saturated heterocycles. The zero-order valence-electron chi connectivity index (χ0n) is 16.8. The Bertz CT molecular complexity index is 478. The molecule has 0 radical (unpaired) electrons. The first-order chi connectivity index (χ1) is 13.4. The van der Waals surface area contributed by atoms with Gasteiger partial charge in [-0.25, -0.2) is 8.78 Å². The molecule has 2 aliphatic heterocycles. The van der Waals surface area contributed by atoms with Crippen LogP contribution in [0.4, 0.5) is 8.78 Å². The van der Waals surface area contributed by atoms with Crippen LogP contribution in [0.2, 0.25) is 0 Å². The average Bonchev–Trinajstić information content (AvgIpc) is 3.36. The summed E-state index contributed by atoms with van der Waals surface area (Å²) in [7, 11) is 2.02. The summed E-state index contributed by atoms with van der Waals surface area (Å²) in [5.74, 6) is 0.942. The molecule has 0 spiro atoms. The summed E-state index contributed by atoms with van der Waals surface area (Å²) in [5.41, 5.74) is 1.09. The third-order valence-corrected chi connectivity index (χ3v) is 4.33. The fourth-order valence-electron chi connectivity index (χ4n) is 2.66. The van der Waals surface area contributed by atoms with Gasteiger partial charge in [0.05, 0.1) is 6.10 Å². The lowest BCUT2D eigenvalue weighted by molar-refractivity contribution is -0.122. The molecule has 0 aromatic heterocycles. The Hall–Kier alpha value is -1.61. The normalized spacial score (nSPS) is 20.2. The molecule has 2 atom stereocenters. The molecule has 28 heavy (non-hydrogen) atoms. The summed E-state index contributed by atoms with van der Waals surface area (Å²) in [6.07, 6.45) is 1.23. The molecule has 0 amide bonds. The maximum atomic E-state index is 11.9. The molecule has 1 aromatic carbocycles. The van der Waals surface area contributed by atoms with E-state index in [2.05, 4.69) is 16.0 Å². The van der Waals surface area contributed by atoms with Crippen molar-refractivity contribution in [1.29, 1.82) is 0 Å². The number of aliphatic hydroxyl groups is 1. The zero-order valence-corrected chi connectivity index (χ0v) is 16.8. The quantitative estimate of drug-likeness (QED) is 0.495. The molecule has 6 nitrogen and oxygen atoms in total. The summed E-state index contributed by atoms with van der Waals surface area (Å²) in [6, 6.07) is 6.25. The number of hydrogen-bond donors (Lipinski definition) is 5. The van der Waals surface area contributed by atoms with E-state index >= 15 is 0 Å². The molecule has 8 heteroatoms. The Morgan fingerprint density at radius 2 is 1.75 bits per heavy atom. The highest BCUT2D eigenvalue weighted by Crippen LogP contribution is 2.18. The Morgan fingerprint density at radius 3 is 2.11 bits per heavy atom. The smallest absolute Gasteiger partial charge is 0.290 e. The van der Waals surface area contributed by atoms with Gasteiger partial charge in [-0.1, -0.05) is 29.8 Å². The van der Waals surface area contributed by atoms with Gasteiger partial charge in [-0.2, -0.15) is 0 Å². The Morgan fingerprint density at radius 1 is 1.18 bits per heavy atom. The zero-order chi connectivity index (χ0) is 21.2. The van der Waals surface area contributed by atoms with Crippen molar-refractivity contribution < 1.29 is 23.8 Å². The Balaban J connectivity index is 0.000000373. The van der Waals surface area contributed by atoms with Gasteiger partial charge in [-0.15, -0.1) is 0 Å². The molecule has 162 valence electrons. The third kappa shape index (κ3) is 14.4.